The first-order valence-corrected chi connectivity index (χ1v) is 9.92. The third-order valence-electron chi connectivity index (χ3n) is 4.77. The highest BCUT2D eigenvalue weighted by molar-refractivity contribution is 7.15. The van der Waals surface area contributed by atoms with Crippen molar-refractivity contribution in [2.45, 2.75) is 32.7 Å². The quantitative estimate of drug-likeness (QED) is 0.836. The van der Waals surface area contributed by atoms with E-state index in [-0.39, 0.29) is 5.92 Å². The molecule has 1 unspecified atom stereocenters. The van der Waals surface area contributed by atoms with Crippen molar-refractivity contribution in [3.8, 4) is 0 Å². The Morgan fingerprint density at radius 2 is 2.30 bits per heavy atom. The van der Waals surface area contributed by atoms with Crippen molar-refractivity contribution in [3.05, 3.63) is 33.0 Å². The van der Waals surface area contributed by atoms with Crippen molar-refractivity contribution in [2.75, 3.05) is 24.5 Å². The molecule has 2 aliphatic rings. The molecule has 4 heterocycles. The number of rotatable bonds is 2. The largest absolute Gasteiger partial charge is 0.347 e. The highest BCUT2D eigenvalue weighted by Crippen LogP contribution is 2.30. The van der Waals surface area contributed by atoms with E-state index in [4.69, 9.17) is 0 Å². The minimum atomic E-state index is 0.119. The molecule has 0 bridgehead atoms. The molecule has 2 aromatic rings. The van der Waals surface area contributed by atoms with Gasteiger partial charge >= 0.3 is 0 Å². The summed E-state index contributed by atoms with van der Waals surface area (Å²) in [4.78, 5) is 24.5. The number of hydrogen-bond acceptors (Lipinski definition) is 5. The van der Waals surface area contributed by atoms with Crippen LogP contribution in [0.2, 0.25) is 0 Å². The van der Waals surface area contributed by atoms with Gasteiger partial charge in [0, 0.05) is 42.1 Å². The Kier molecular flexibility index (Phi) is 4.11. The Morgan fingerprint density at radius 1 is 1.39 bits per heavy atom. The fraction of sp³-hybridized carbons (Fsp3) is 0.529. The van der Waals surface area contributed by atoms with Crippen LogP contribution in [-0.2, 0) is 17.8 Å². The fourth-order valence-corrected chi connectivity index (χ4v) is 5.22. The van der Waals surface area contributed by atoms with E-state index in [0.717, 1.165) is 50.6 Å². The molecule has 6 heteroatoms. The fourth-order valence-electron chi connectivity index (χ4n) is 3.54. The third-order valence-corrected chi connectivity index (χ3v) is 6.77. The van der Waals surface area contributed by atoms with Crippen molar-refractivity contribution in [3.63, 3.8) is 0 Å². The zero-order chi connectivity index (χ0) is 15.8. The summed E-state index contributed by atoms with van der Waals surface area (Å²) in [5.41, 5.74) is 1.35. The van der Waals surface area contributed by atoms with Crippen molar-refractivity contribution < 1.29 is 4.79 Å². The molecule has 0 radical (unpaired) electrons. The number of fused-ring (bicyclic) bond motifs is 1. The first-order chi connectivity index (χ1) is 11.2. The zero-order valence-corrected chi connectivity index (χ0v) is 15.0. The van der Waals surface area contributed by atoms with E-state index in [1.165, 1.54) is 15.3 Å². The molecular weight excluding hydrogens is 326 g/mol. The number of hydrogen-bond donors (Lipinski definition) is 0. The normalized spacial score (nSPS) is 21.3. The molecule has 0 aliphatic carbocycles. The van der Waals surface area contributed by atoms with Crippen molar-refractivity contribution in [2.24, 2.45) is 5.92 Å². The molecule has 1 amide bonds. The standard InChI is InChI=1S/C17H21N3OS2/c1-12-9-18-17(23-12)20-6-2-3-14(11-20)16(21)19-7-4-15-13(10-19)5-8-22-15/h5,8-9,14H,2-4,6-7,10-11H2,1H3. The molecule has 122 valence electrons. The number of piperidine rings is 1. The van der Waals surface area contributed by atoms with Crippen LogP contribution in [0.5, 0.6) is 0 Å². The van der Waals surface area contributed by atoms with E-state index in [9.17, 15) is 4.79 Å². The first kappa shape index (κ1) is 15.1. The SMILES string of the molecule is Cc1cnc(N2CCCC(C(=O)N3CCc4sccc4C3)C2)s1. The Morgan fingerprint density at radius 3 is 3.13 bits per heavy atom. The molecule has 4 rings (SSSR count). The number of amides is 1. The second kappa shape index (κ2) is 6.24. The molecule has 1 saturated heterocycles. The summed E-state index contributed by atoms with van der Waals surface area (Å²) in [5.74, 6) is 0.452. The summed E-state index contributed by atoms with van der Waals surface area (Å²) < 4.78 is 0. The molecule has 4 nitrogen and oxygen atoms in total. The Hall–Kier alpha value is -1.40. The maximum absolute atomic E-state index is 13.0. The lowest BCUT2D eigenvalue weighted by atomic mass is 9.95. The van der Waals surface area contributed by atoms with Gasteiger partial charge in [0.2, 0.25) is 5.91 Å². The van der Waals surface area contributed by atoms with Crippen molar-refractivity contribution in [1.29, 1.82) is 0 Å². The maximum atomic E-state index is 13.0. The Bertz CT molecular complexity index is 708. The number of nitrogens with zero attached hydrogens (tertiary/aromatic N) is 3. The van der Waals surface area contributed by atoms with Gasteiger partial charge in [0.1, 0.15) is 0 Å². The number of aromatic nitrogens is 1. The molecule has 0 spiro atoms. The number of carbonyl (C=O) groups excluding carboxylic acids is 1. The van der Waals surface area contributed by atoms with Gasteiger partial charge in [-0.2, -0.15) is 0 Å². The van der Waals surface area contributed by atoms with E-state index in [1.54, 1.807) is 11.3 Å². The maximum Gasteiger partial charge on any atom is 0.227 e. The predicted octanol–water partition coefficient (Wildman–Crippen LogP) is 3.31. The van der Waals surface area contributed by atoms with Gasteiger partial charge in [-0.05, 0) is 43.2 Å². The van der Waals surface area contributed by atoms with Crippen LogP contribution in [0.4, 0.5) is 5.13 Å². The molecule has 0 aromatic carbocycles. The molecule has 0 saturated carbocycles. The van der Waals surface area contributed by atoms with Gasteiger partial charge in [-0.25, -0.2) is 4.98 Å². The average molecular weight is 348 g/mol. The van der Waals surface area contributed by atoms with Gasteiger partial charge in [-0.15, -0.1) is 22.7 Å². The molecule has 1 atom stereocenters. The summed E-state index contributed by atoms with van der Waals surface area (Å²) in [6.45, 7) is 5.59. The third kappa shape index (κ3) is 3.02. The van der Waals surface area contributed by atoms with Crippen LogP contribution in [-0.4, -0.2) is 35.4 Å². The summed E-state index contributed by atoms with van der Waals surface area (Å²) in [6.07, 6.45) is 5.02. The number of thiophene rings is 1. The average Bonchev–Trinajstić information content (AvgIpc) is 3.22. The highest BCUT2D eigenvalue weighted by Gasteiger charge is 2.31. The summed E-state index contributed by atoms with van der Waals surface area (Å²) in [6, 6.07) is 2.17. The topological polar surface area (TPSA) is 36.4 Å². The first-order valence-electron chi connectivity index (χ1n) is 8.22. The predicted molar refractivity (Wildman–Crippen MR) is 95.2 cm³/mol. The van der Waals surface area contributed by atoms with E-state index < -0.39 is 0 Å². The highest BCUT2D eigenvalue weighted by atomic mass is 32.1. The molecule has 2 aliphatic heterocycles. The van der Waals surface area contributed by atoms with E-state index in [1.807, 2.05) is 17.5 Å². The summed E-state index contributed by atoms with van der Waals surface area (Å²) >= 11 is 3.55. The zero-order valence-electron chi connectivity index (χ0n) is 13.3. The molecule has 2 aromatic heterocycles. The van der Waals surface area contributed by atoms with Crippen molar-refractivity contribution >= 4 is 33.7 Å². The van der Waals surface area contributed by atoms with Gasteiger partial charge in [-0.1, -0.05) is 0 Å². The van der Waals surface area contributed by atoms with Gasteiger partial charge in [0.15, 0.2) is 5.13 Å². The van der Waals surface area contributed by atoms with Crippen LogP contribution in [0.3, 0.4) is 0 Å². The number of anilines is 1. The number of carbonyl (C=O) groups is 1. The van der Waals surface area contributed by atoms with Crippen LogP contribution >= 0.6 is 22.7 Å². The van der Waals surface area contributed by atoms with E-state index in [2.05, 4.69) is 33.2 Å². The molecule has 1 fully saturated rings. The smallest absolute Gasteiger partial charge is 0.227 e. The van der Waals surface area contributed by atoms with E-state index >= 15 is 0 Å². The van der Waals surface area contributed by atoms with Crippen LogP contribution in [0, 0.1) is 12.8 Å². The minimum absolute atomic E-state index is 0.119. The van der Waals surface area contributed by atoms with Crippen LogP contribution in [0.25, 0.3) is 0 Å². The lowest BCUT2D eigenvalue weighted by Gasteiger charge is -2.36. The minimum Gasteiger partial charge on any atom is -0.347 e. The van der Waals surface area contributed by atoms with Gasteiger partial charge in [-0.3, -0.25) is 4.79 Å². The second-order valence-electron chi connectivity index (χ2n) is 6.42. The van der Waals surface area contributed by atoms with Crippen LogP contribution in [0.15, 0.2) is 17.6 Å². The van der Waals surface area contributed by atoms with Gasteiger partial charge in [0.05, 0.1) is 5.92 Å². The Labute approximate surface area is 144 Å². The number of thiazole rings is 1. The van der Waals surface area contributed by atoms with E-state index in [0.29, 0.717) is 5.91 Å². The Balaban J connectivity index is 1.44. The summed E-state index contributed by atoms with van der Waals surface area (Å²) in [7, 11) is 0. The van der Waals surface area contributed by atoms with Gasteiger partial charge < -0.3 is 9.80 Å². The monoisotopic (exact) mass is 347 g/mol. The molecule has 23 heavy (non-hydrogen) atoms. The lowest BCUT2D eigenvalue weighted by molar-refractivity contribution is -0.136. The lowest BCUT2D eigenvalue weighted by Crippen LogP contribution is -2.46. The molecular formula is C17H21N3OS2. The summed E-state index contributed by atoms with van der Waals surface area (Å²) in [5, 5.41) is 3.21. The van der Waals surface area contributed by atoms with Gasteiger partial charge in [0.25, 0.3) is 0 Å². The second-order valence-corrected chi connectivity index (χ2v) is 8.63. The van der Waals surface area contributed by atoms with Crippen molar-refractivity contribution in [1.82, 2.24) is 9.88 Å². The van der Waals surface area contributed by atoms with Crippen LogP contribution < -0.4 is 4.90 Å². The van der Waals surface area contributed by atoms with Crippen LogP contribution in [0.1, 0.15) is 28.2 Å². The molecule has 0 N–H and O–H groups in total. The number of aryl methyl sites for hydroxylation is 1.